The fraction of sp³-hybridized carbons (Fsp3) is 0.423. The number of benzene rings is 2. The molecule has 2 aromatic rings. The zero-order valence-electron chi connectivity index (χ0n) is 21.3. The van der Waals surface area contributed by atoms with E-state index in [0.29, 0.717) is 60.6 Å². The molecule has 0 spiro atoms. The topological polar surface area (TPSA) is 102 Å². The van der Waals surface area contributed by atoms with E-state index in [1.54, 1.807) is 37.3 Å². The van der Waals surface area contributed by atoms with E-state index in [0.717, 1.165) is 0 Å². The molecule has 2 aliphatic heterocycles. The molecule has 1 fully saturated rings. The molecule has 1 saturated heterocycles. The lowest BCUT2D eigenvalue weighted by Gasteiger charge is -2.39. The van der Waals surface area contributed by atoms with Crippen molar-refractivity contribution in [2.45, 2.75) is 13.0 Å². The summed E-state index contributed by atoms with van der Waals surface area (Å²) in [4.78, 5) is 34.8. The summed E-state index contributed by atoms with van der Waals surface area (Å²) < 4.78 is 35.8. The number of hydrogen-bond donors (Lipinski definition) is 1. The second-order valence-corrected chi connectivity index (χ2v) is 8.50. The molecular weight excluding hydrogens is 483 g/mol. The minimum absolute atomic E-state index is 0.124. The molecule has 2 unspecified atom stereocenters. The maximum Gasteiger partial charge on any atom is 0.321 e. The van der Waals surface area contributed by atoms with Crippen molar-refractivity contribution < 1.29 is 32.9 Å². The summed E-state index contributed by atoms with van der Waals surface area (Å²) in [6.07, 6.45) is 0. The molecule has 11 heteroatoms. The highest BCUT2D eigenvalue weighted by molar-refractivity contribution is 6.08. The van der Waals surface area contributed by atoms with E-state index in [2.05, 4.69) is 5.32 Å². The smallest absolute Gasteiger partial charge is 0.321 e. The van der Waals surface area contributed by atoms with Gasteiger partial charge in [0.2, 0.25) is 17.6 Å². The third kappa shape index (κ3) is 5.25. The fourth-order valence-corrected chi connectivity index (χ4v) is 4.61. The van der Waals surface area contributed by atoms with Crippen molar-refractivity contribution in [3.8, 4) is 17.2 Å². The predicted molar refractivity (Wildman–Crippen MR) is 135 cm³/mol. The molecular formula is C26H31FN4O6. The number of ether oxygens (including phenoxy) is 4. The summed E-state index contributed by atoms with van der Waals surface area (Å²) in [5.74, 6) is -1.19. The molecule has 0 aromatic heterocycles. The first kappa shape index (κ1) is 26.1. The first-order valence-electron chi connectivity index (χ1n) is 12.0. The maximum absolute atomic E-state index is 14.3. The molecule has 1 amide bonds. The minimum atomic E-state index is -1.20. The Morgan fingerprint density at radius 3 is 2.22 bits per heavy atom. The number of para-hydroxylation sites is 1. The molecule has 0 radical (unpaired) electrons. The number of rotatable bonds is 7. The van der Waals surface area contributed by atoms with Gasteiger partial charge in [-0.05, 0) is 36.8 Å². The molecule has 198 valence electrons. The highest BCUT2D eigenvalue weighted by Crippen LogP contribution is 2.42. The van der Waals surface area contributed by atoms with Gasteiger partial charge >= 0.3 is 5.97 Å². The van der Waals surface area contributed by atoms with Crippen molar-refractivity contribution in [1.29, 1.82) is 0 Å². The summed E-state index contributed by atoms with van der Waals surface area (Å²) in [5, 5.41) is 2.78. The van der Waals surface area contributed by atoms with Gasteiger partial charge in [-0.15, -0.1) is 0 Å². The lowest BCUT2D eigenvalue weighted by atomic mass is 9.90. The van der Waals surface area contributed by atoms with Gasteiger partial charge in [-0.3, -0.25) is 14.9 Å². The van der Waals surface area contributed by atoms with Gasteiger partial charge in [0.15, 0.2) is 17.4 Å². The van der Waals surface area contributed by atoms with Crippen LogP contribution in [0, 0.1) is 11.7 Å². The molecule has 2 heterocycles. The average Bonchev–Trinajstić information content (AvgIpc) is 2.92. The minimum Gasteiger partial charge on any atom is -0.493 e. The lowest BCUT2D eigenvalue weighted by molar-refractivity contribution is -0.153. The fourth-order valence-electron chi connectivity index (χ4n) is 4.61. The maximum atomic E-state index is 14.3. The number of hydrogen-bond acceptors (Lipinski definition) is 9. The molecule has 10 nitrogen and oxygen atoms in total. The molecule has 4 rings (SSSR count). The Morgan fingerprint density at radius 2 is 1.65 bits per heavy atom. The van der Waals surface area contributed by atoms with Gasteiger partial charge < -0.3 is 28.7 Å². The number of methoxy groups -OCH3 is 3. The third-order valence-electron chi connectivity index (χ3n) is 6.44. The normalized spacial score (nSPS) is 19.6. The number of halogens is 1. The van der Waals surface area contributed by atoms with Crippen LogP contribution in [0.3, 0.4) is 0 Å². The highest BCUT2D eigenvalue weighted by Gasteiger charge is 2.43. The van der Waals surface area contributed by atoms with Gasteiger partial charge in [0.1, 0.15) is 11.9 Å². The number of guanidine groups is 1. The number of nitrogens with zero attached hydrogens (tertiary/aromatic N) is 3. The summed E-state index contributed by atoms with van der Waals surface area (Å²) in [6, 6.07) is 9.10. The Labute approximate surface area is 214 Å². The van der Waals surface area contributed by atoms with Crippen LogP contribution < -0.4 is 24.4 Å². The van der Waals surface area contributed by atoms with Crippen molar-refractivity contribution in [1.82, 2.24) is 10.2 Å². The standard InChI is InChI=1S/C26H31FN4O6/c1-5-37-25(33)21-22(16-14-19(34-2)23(36-4)20(15-16)35-3)28-26(29-24(21)32)31-12-10-30(11-13-31)18-9-7-6-8-17(18)27/h6-9,14-15,21-22H,5,10-13H2,1-4H3,(H,28,29,32). The Bertz CT molecular complexity index is 1160. The second-order valence-electron chi connectivity index (χ2n) is 8.50. The number of piperazine rings is 1. The third-order valence-corrected chi connectivity index (χ3v) is 6.44. The van der Waals surface area contributed by atoms with Gasteiger partial charge in [0.25, 0.3) is 0 Å². The number of amides is 1. The van der Waals surface area contributed by atoms with E-state index in [-0.39, 0.29) is 12.4 Å². The Hall–Kier alpha value is -4.02. The molecule has 37 heavy (non-hydrogen) atoms. The summed E-state index contributed by atoms with van der Waals surface area (Å²) in [5.41, 5.74) is 1.07. The van der Waals surface area contributed by atoms with Crippen LogP contribution in [0.25, 0.3) is 0 Å². The molecule has 2 aliphatic rings. The quantitative estimate of drug-likeness (QED) is 0.444. The van der Waals surface area contributed by atoms with Crippen molar-refractivity contribution in [3.05, 3.63) is 47.8 Å². The average molecular weight is 515 g/mol. The van der Waals surface area contributed by atoms with E-state index < -0.39 is 23.8 Å². The number of carbonyl (C=O) groups is 2. The summed E-state index contributed by atoms with van der Waals surface area (Å²) in [7, 11) is 4.47. The van der Waals surface area contributed by atoms with E-state index in [1.165, 1.54) is 27.4 Å². The number of esters is 1. The van der Waals surface area contributed by atoms with Crippen LogP contribution in [0.15, 0.2) is 41.4 Å². The Balaban J connectivity index is 1.67. The first-order valence-corrected chi connectivity index (χ1v) is 12.0. The van der Waals surface area contributed by atoms with Crippen LogP contribution >= 0.6 is 0 Å². The molecule has 0 saturated carbocycles. The molecule has 2 aromatic carbocycles. The van der Waals surface area contributed by atoms with Gasteiger partial charge in [-0.1, -0.05) is 12.1 Å². The van der Waals surface area contributed by atoms with Crippen molar-refractivity contribution >= 4 is 23.5 Å². The van der Waals surface area contributed by atoms with Crippen LogP contribution in [0.5, 0.6) is 17.2 Å². The number of anilines is 1. The second kappa shape index (κ2) is 11.4. The largest absolute Gasteiger partial charge is 0.493 e. The van der Waals surface area contributed by atoms with Crippen LogP contribution in [-0.2, 0) is 14.3 Å². The van der Waals surface area contributed by atoms with Crippen LogP contribution in [-0.4, -0.2) is 76.9 Å². The van der Waals surface area contributed by atoms with E-state index in [1.807, 2.05) is 9.80 Å². The lowest BCUT2D eigenvalue weighted by Crippen LogP contribution is -2.57. The van der Waals surface area contributed by atoms with Crippen molar-refractivity contribution in [2.24, 2.45) is 10.9 Å². The predicted octanol–water partition coefficient (Wildman–Crippen LogP) is 2.38. The van der Waals surface area contributed by atoms with Crippen LogP contribution in [0.2, 0.25) is 0 Å². The number of aliphatic imine (C=N–C) groups is 1. The van der Waals surface area contributed by atoms with Gasteiger partial charge in [-0.2, -0.15) is 0 Å². The molecule has 0 bridgehead atoms. The van der Waals surface area contributed by atoms with Gasteiger partial charge in [0, 0.05) is 26.2 Å². The summed E-state index contributed by atoms with van der Waals surface area (Å²) in [6.45, 7) is 3.87. The Kier molecular flexibility index (Phi) is 8.00. The number of nitrogens with one attached hydrogen (secondary N) is 1. The van der Waals surface area contributed by atoms with Crippen LogP contribution in [0.1, 0.15) is 18.5 Å². The zero-order valence-corrected chi connectivity index (χ0v) is 21.3. The van der Waals surface area contributed by atoms with Gasteiger partial charge in [-0.25, -0.2) is 9.38 Å². The van der Waals surface area contributed by atoms with Gasteiger partial charge in [0.05, 0.1) is 33.6 Å². The van der Waals surface area contributed by atoms with E-state index in [9.17, 15) is 14.0 Å². The number of carbonyl (C=O) groups excluding carboxylic acids is 2. The van der Waals surface area contributed by atoms with Crippen molar-refractivity contribution in [2.75, 3.05) is 59.0 Å². The molecule has 1 N–H and O–H groups in total. The highest BCUT2D eigenvalue weighted by atomic mass is 19.1. The molecule has 2 atom stereocenters. The van der Waals surface area contributed by atoms with E-state index >= 15 is 0 Å². The van der Waals surface area contributed by atoms with Crippen LogP contribution in [0.4, 0.5) is 10.1 Å². The monoisotopic (exact) mass is 514 g/mol. The van der Waals surface area contributed by atoms with Crippen molar-refractivity contribution in [3.63, 3.8) is 0 Å². The Morgan fingerprint density at radius 1 is 1.03 bits per heavy atom. The van der Waals surface area contributed by atoms with E-state index in [4.69, 9.17) is 23.9 Å². The SMILES string of the molecule is CCOC(=O)C1C(=O)NC(N2CCN(c3ccccc3F)CC2)=NC1c1cc(OC)c(OC)c(OC)c1. The first-order chi connectivity index (χ1) is 17.9. The molecule has 0 aliphatic carbocycles. The zero-order chi connectivity index (χ0) is 26.5. The summed E-state index contributed by atoms with van der Waals surface area (Å²) >= 11 is 0.